The van der Waals surface area contributed by atoms with E-state index in [0.29, 0.717) is 22.6 Å². The summed E-state index contributed by atoms with van der Waals surface area (Å²) in [5, 5.41) is 11.7. The van der Waals surface area contributed by atoms with Crippen molar-refractivity contribution in [3.05, 3.63) is 138 Å². The number of rotatable bonds is 9. The standard InChI is InChI=1S/C30H27NO4.C8H10AsNO5.H2O/c1-33-21-16-17-27(28(18-21)34-2)30(31,20-10-4-3-5-11-20)29(32)35-19-26-24-14-8-6-12-22(24)23-13-7-9-15-25(23)26;1-5(11)10-7-4-2-3-6(8(7)12)9(13,14)15;/h3-18,26H,19,31H2,1-2H3;2-4,12H,1H3,(H,10,11)(H2,13,14,15);1H2. The number of carbonyl (C=O) groups is 2. The fourth-order valence-corrected chi connectivity index (χ4v) is 7.40. The van der Waals surface area contributed by atoms with Gasteiger partial charge in [-0.3, -0.25) is 0 Å². The average Bonchev–Trinajstić information content (AvgIpc) is 3.44. The Bertz CT molecular complexity index is 2020. The Morgan fingerprint density at radius 1 is 0.824 bits per heavy atom. The molecule has 0 radical (unpaired) electrons. The van der Waals surface area contributed by atoms with Gasteiger partial charge < -0.3 is 25.4 Å². The summed E-state index contributed by atoms with van der Waals surface area (Å²) in [6.07, 6.45) is 0. The largest absolute Gasteiger partial charge is 0.497 e. The van der Waals surface area contributed by atoms with E-state index in [-0.39, 0.29) is 23.7 Å². The number of esters is 1. The molecule has 0 aromatic heterocycles. The van der Waals surface area contributed by atoms with Gasteiger partial charge in [0.2, 0.25) is 0 Å². The van der Waals surface area contributed by atoms with Gasteiger partial charge in [-0.25, -0.2) is 4.79 Å². The Morgan fingerprint density at radius 2 is 1.41 bits per heavy atom. The smallest absolute Gasteiger partial charge is 0.335 e. The molecule has 5 aromatic carbocycles. The number of ether oxygens (including phenoxy) is 3. The summed E-state index contributed by atoms with van der Waals surface area (Å²) in [4.78, 5) is 24.6. The Kier molecular flexibility index (Phi) is 12.1. The number of nitrogens with one attached hydrogen (secondary N) is 1. The van der Waals surface area contributed by atoms with Gasteiger partial charge in [0.25, 0.3) is 0 Å². The summed E-state index contributed by atoms with van der Waals surface area (Å²) in [6.45, 7) is 1.41. The Morgan fingerprint density at radius 3 is 1.96 bits per heavy atom. The summed E-state index contributed by atoms with van der Waals surface area (Å²) < 4.78 is 45.3. The quantitative estimate of drug-likeness (QED) is 0.0841. The maximum Gasteiger partial charge on any atom is 0.335 e. The van der Waals surface area contributed by atoms with E-state index < -0.39 is 41.7 Å². The third-order valence-corrected chi connectivity index (χ3v) is 10.4. The molecule has 0 bridgehead atoms. The number of aromatic hydroxyl groups is 1. The van der Waals surface area contributed by atoms with Crippen LogP contribution in [0.2, 0.25) is 0 Å². The molecular formula is C38H39AsN2O10. The van der Waals surface area contributed by atoms with Gasteiger partial charge in [0.05, 0.1) is 14.2 Å². The zero-order chi connectivity index (χ0) is 36.1. The SMILES string of the molecule is CC(=O)Nc1cccc([As](=O)(O)O)c1O.COc1ccc(C(N)(C(=O)OCC2c3ccccc3-c3ccccc32)c2ccccc2)c(OC)c1.O. The molecule has 0 heterocycles. The molecule has 1 aliphatic rings. The number of benzene rings is 5. The number of phenolic OH excluding ortho intramolecular Hbond substituents is 1. The first-order valence-corrected chi connectivity index (χ1v) is 18.9. The number of hydrogen-bond donors (Lipinski definition) is 5. The van der Waals surface area contributed by atoms with Gasteiger partial charge in [-0.15, -0.1) is 0 Å². The molecular weight excluding hydrogens is 719 g/mol. The Balaban J connectivity index is 0.000000308. The zero-order valence-corrected chi connectivity index (χ0v) is 29.9. The molecule has 1 unspecified atom stereocenters. The maximum atomic E-state index is 13.8. The van der Waals surface area contributed by atoms with E-state index in [1.54, 1.807) is 32.4 Å². The van der Waals surface area contributed by atoms with Crippen molar-refractivity contribution in [1.82, 2.24) is 0 Å². The summed E-state index contributed by atoms with van der Waals surface area (Å²) >= 11 is -5.15. The van der Waals surface area contributed by atoms with Crippen LogP contribution in [0.4, 0.5) is 5.69 Å². The molecule has 5 aromatic rings. The first kappa shape index (κ1) is 38.4. The van der Waals surface area contributed by atoms with Crippen molar-refractivity contribution in [2.24, 2.45) is 5.73 Å². The molecule has 1 atom stereocenters. The van der Waals surface area contributed by atoms with Crippen molar-refractivity contribution in [1.29, 1.82) is 0 Å². The molecule has 13 heteroatoms. The van der Waals surface area contributed by atoms with Gasteiger partial charge in [0.1, 0.15) is 18.1 Å². The molecule has 0 saturated carbocycles. The minimum Gasteiger partial charge on any atom is -0.497 e. The zero-order valence-electron chi connectivity index (χ0n) is 28.1. The fourth-order valence-electron chi connectivity index (χ4n) is 5.98. The van der Waals surface area contributed by atoms with E-state index in [2.05, 4.69) is 29.6 Å². The van der Waals surface area contributed by atoms with Gasteiger partial charge in [0, 0.05) is 17.5 Å². The third-order valence-electron chi connectivity index (χ3n) is 8.37. The number of phenols is 1. The van der Waals surface area contributed by atoms with Crippen molar-refractivity contribution < 1.29 is 46.3 Å². The first-order chi connectivity index (χ1) is 23.9. The van der Waals surface area contributed by atoms with Crippen LogP contribution >= 0.6 is 0 Å². The van der Waals surface area contributed by atoms with Gasteiger partial charge >= 0.3 is 94.1 Å². The Labute approximate surface area is 297 Å². The van der Waals surface area contributed by atoms with E-state index in [0.717, 1.165) is 17.2 Å². The second-order valence-corrected chi connectivity index (χ2v) is 14.8. The van der Waals surface area contributed by atoms with Crippen LogP contribution in [-0.4, -0.2) is 65.6 Å². The van der Waals surface area contributed by atoms with E-state index in [4.69, 9.17) is 28.1 Å². The molecule has 51 heavy (non-hydrogen) atoms. The van der Waals surface area contributed by atoms with E-state index >= 15 is 0 Å². The van der Waals surface area contributed by atoms with Crippen LogP contribution in [0, 0.1) is 0 Å². The number of carbonyl (C=O) groups excluding carboxylic acids is 2. The fraction of sp³-hybridized carbons (Fsp3) is 0.158. The van der Waals surface area contributed by atoms with Crippen LogP contribution in [0.1, 0.15) is 35.1 Å². The second kappa shape index (κ2) is 16.1. The normalized spacial score (nSPS) is 12.8. The Hall–Kier alpha value is -5.36. The van der Waals surface area contributed by atoms with Crippen molar-refractivity contribution in [3.8, 4) is 28.4 Å². The molecule has 0 fully saturated rings. The predicted octanol–water partition coefficient (Wildman–Crippen LogP) is 3.35. The van der Waals surface area contributed by atoms with Crippen LogP contribution in [-0.2, 0) is 23.6 Å². The number of nitrogens with two attached hydrogens (primary N) is 1. The number of para-hydroxylation sites is 1. The number of anilines is 1. The van der Waals surface area contributed by atoms with Crippen LogP contribution in [0.15, 0.2) is 115 Å². The van der Waals surface area contributed by atoms with E-state index in [9.17, 15) is 18.4 Å². The van der Waals surface area contributed by atoms with Gasteiger partial charge in [-0.2, -0.15) is 0 Å². The monoisotopic (exact) mass is 758 g/mol. The molecule has 0 saturated heterocycles. The van der Waals surface area contributed by atoms with E-state index in [1.807, 2.05) is 54.6 Å². The van der Waals surface area contributed by atoms with Crippen LogP contribution in [0.3, 0.4) is 0 Å². The van der Waals surface area contributed by atoms with Gasteiger partial charge in [-0.1, -0.05) is 78.9 Å². The maximum absolute atomic E-state index is 13.8. The second-order valence-electron chi connectivity index (χ2n) is 11.5. The molecule has 266 valence electrons. The van der Waals surface area contributed by atoms with Crippen LogP contribution < -0.4 is 24.9 Å². The topological polar surface area (TPSA) is 209 Å². The minimum atomic E-state index is -5.15. The number of fused-ring (bicyclic) bond motifs is 3. The molecule has 0 aliphatic heterocycles. The number of amides is 1. The van der Waals surface area contributed by atoms with Crippen molar-refractivity contribution in [2.45, 2.75) is 18.4 Å². The van der Waals surface area contributed by atoms with Gasteiger partial charge in [-0.05, 0) is 39.9 Å². The third kappa shape index (κ3) is 8.01. The molecule has 0 spiro atoms. The van der Waals surface area contributed by atoms with Gasteiger partial charge in [0.15, 0.2) is 5.54 Å². The molecule has 1 amide bonds. The molecule has 6 rings (SSSR count). The summed E-state index contributed by atoms with van der Waals surface area (Å²) in [7, 11) is 3.12. The van der Waals surface area contributed by atoms with Crippen LogP contribution in [0.25, 0.3) is 11.1 Å². The molecule has 1 aliphatic carbocycles. The van der Waals surface area contributed by atoms with Crippen LogP contribution in [0.5, 0.6) is 17.2 Å². The minimum absolute atomic E-state index is 0. The predicted molar refractivity (Wildman–Crippen MR) is 192 cm³/mol. The number of hydrogen-bond acceptors (Lipinski definition) is 8. The van der Waals surface area contributed by atoms with E-state index in [1.165, 1.54) is 30.2 Å². The summed E-state index contributed by atoms with van der Waals surface area (Å²) in [5.74, 6) is -0.573. The first-order valence-electron chi connectivity index (χ1n) is 15.5. The average molecular weight is 759 g/mol. The van der Waals surface area contributed by atoms with Crippen molar-refractivity contribution >= 4 is 36.1 Å². The molecule has 8 N–H and O–H groups in total. The number of methoxy groups -OCH3 is 2. The molecule has 12 nitrogen and oxygen atoms in total. The van der Waals surface area contributed by atoms with Crippen molar-refractivity contribution in [3.63, 3.8) is 0 Å². The summed E-state index contributed by atoms with van der Waals surface area (Å²) in [6, 6.07) is 34.8. The van der Waals surface area contributed by atoms with Crippen molar-refractivity contribution in [2.75, 3.05) is 26.1 Å². The summed E-state index contributed by atoms with van der Waals surface area (Å²) in [5.41, 5.74) is 11.1.